The molecule has 3 aliphatic carbocycles. The topological polar surface area (TPSA) is 151 Å². The Kier molecular flexibility index (Phi) is 3.32. The fourth-order valence-electron chi connectivity index (χ4n) is 4.32. The Morgan fingerprint density at radius 2 is 2.00 bits per heavy atom. The first-order valence-electron chi connectivity index (χ1n) is 8.18. The number of fused-ring (bicyclic) bond motifs is 3. The van der Waals surface area contributed by atoms with E-state index in [4.69, 9.17) is 5.73 Å². The maximum absolute atomic E-state index is 13.1. The number of ketones is 2. The van der Waals surface area contributed by atoms with Gasteiger partial charge in [0, 0.05) is 29.7 Å². The van der Waals surface area contributed by atoms with Crippen LogP contribution in [0.1, 0.15) is 24.1 Å². The highest BCUT2D eigenvalue weighted by Crippen LogP contribution is 2.50. The molecule has 8 heteroatoms. The van der Waals surface area contributed by atoms with Gasteiger partial charge in [-0.3, -0.25) is 19.4 Å². The second-order valence-corrected chi connectivity index (χ2v) is 6.90. The second-order valence-electron chi connectivity index (χ2n) is 6.90. The van der Waals surface area contributed by atoms with Gasteiger partial charge in [-0.05, 0) is 30.9 Å². The van der Waals surface area contributed by atoms with E-state index in [0.717, 1.165) is 0 Å². The standard InChI is InChI=1S/C18H16N2O6/c19-17(25)13-11(21)6-8-4-7-5-10-9(2-1-3-20-10)14(22)12(7)15(23)18(8,26)16(13)24/h1-3,7-8,22,24,26H,4-6H2,(H2,19,25)/t7?,8?,18-/m0/s1. The van der Waals surface area contributed by atoms with Crippen molar-refractivity contribution < 1.29 is 29.7 Å². The zero-order chi connectivity index (χ0) is 18.8. The molecule has 4 rings (SSSR count). The van der Waals surface area contributed by atoms with Crippen molar-refractivity contribution in [3.63, 3.8) is 0 Å². The summed E-state index contributed by atoms with van der Waals surface area (Å²) in [7, 11) is 0. The third kappa shape index (κ3) is 1.93. The van der Waals surface area contributed by atoms with E-state index >= 15 is 0 Å². The normalized spacial score (nSPS) is 30.7. The fraction of sp³-hybridized carbons (Fsp3) is 0.333. The van der Waals surface area contributed by atoms with Crippen LogP contribution >= 0.6 is 0 Å². The number of carbonyl (C=O) groups excluding carboxylic acids is 3. The maximum atomic E-state index is 13.1. The summed E-state index contributed by atoms with van der Waals surface area (Å²) in [6.07, 6.45) is 1.84. The summed E-state index contributed by atoms with van der Waals surface area (Å²) < 4.78 is 0. The van der Waals surface area contributed by atoms with Gasteiger partial charge in [-0.2, -0.15) is 0 Å². The molecule has 1 aromatic rings. The van der Waals surface area contributed by atoms with Gasteiger partial charge in [0.15, 0.2) is 11.4 Å². The highest BCUT2D eigenvalue weighted by Gasteiger charge is 2.60. The Balaban J connectivity index is 1.92. The molecular weight excluding hydrogens is 340 g/mol. The van der Waals surface area contributed by atoms with Crippen LogP contribution in [0.25, 0.3) is 5.76 Å². The number of primary amides is 1. The number of Topliss-reactive ketones (excluding diaryl/α,β-unsaturated/α-hetero) is 2. The summed E-state index contributed by atoms with van der Waals surface area (Å²) in [5.74, 6) is -5.48. The summed E-state index contributed by atoms with van der Waals surface area (Å²) in [6.45, 7) is 0. The predicted octanol–water partition coefficient (Wildman–Crippen LogP) is 0.113. The van der Waals surface area contributed by atoms with Gasteiger partial charge >= 0.3 is 0 Å². The van der Waals surface area contributed by atoms with Crippen LogP contribution in [0, 0.1) is 11.8 Å². The van der Waals surface area contributed by atoms with Gasteiger partial charge in [0.05, 0.1) is 5.69 Å². The van der Waals surface area contributed by atoms with Crippen molar-refractivity contribution in [3.8, 4) is 0 Å². The highest BCUT2D eigenvalue weighted by atomic mass is 16.3. The number of hydrogen-bond donors (Lipinski definition) is 4. The van der Waals surface area contributed by atoms with E-state index in [2.05, 4.69) is 4.98 Å². The Labute approximate surface area is 147 Å². The molecule has 0 bridgehead atoms. The van der Waals surface area contributed by atoms with Crippen LogP contribution in [0.5, 0.6) is 0 Å². The molecule has 8 nitrogen and oxygen atoms in total. The molecule has 26 heavy (non-hydrogen) atoms. The van der Waals surface area contributed by atoms with Crippen LogP contribution in [0.4, 0.5) is 0 Å². The number of aliphatic hydroxyl groups is 3. The van der Waals surface area contributed by atoms with Crippen LogP contribution in [-0.2, 0) is 20.8 Å². The van der Waals surface area contributed by atoms with E-state index in [0.29, 0.717) is 17.7 Å². The van der Waals surface area contributed by atoms with Gasteiger partial charge in [0.1, 0.15) is 17.1 Å². The Morgan fingerprint density at radius 3 is 2.69 bits per heavy atom. The number of nitrogens with two attached hydrogens (primary N) is 1. The van der Waals surface area contributed by atoms with Crippen LogP contribution in [-0.4, -0.2) is 43.4 Å². The zero-order valence-electron chi connectivity index (χ0n) is 13.6. The van der Waals surface area contributed by atoms with E-state index < -0.39 is 46.2 Å². The van der Waals surface area contributed by atoms with Gasteiger partial charge in [0.25, 0.3) is 5.91 Å². The lowest BCUT2D eigenvalue weighted by molar-refractivity contribution is -0.147. The fourth-order valence-corrected chi connectivity index (χ4v) is 4.32. The smallest absolute Gasteiger partial charge is 0.255 e. The first-order valence-corrected chi connectivity index (χ1v) is 8.18. The summed E-state index contributed by atoms with van der Waals surface area (Å²) in [6, 6.07) is 3.22. The number of aromatic nitrogens is 1. The molecule has 0 aromatic carbocycles. The number of carbonyl (C=O) groups is 3. The van der Waals surface area contributed by atoms with Crippen LogP contribution in [0.3, 0.4) is 0 Å². The summed E-state index contributed by atoms with van der Waals surface area (Å²) in [5.41, 5.74) is 2.92. The lowest BCUT2D eigenvalue weighted by Gasteiger charge is -2.45. The molecule has 1 heterocycles. The first kappa shape index (κ1) is 16.5. The third-order valence-electron chi connectivity index (χ3n) is 5.55. The lowest BCUT2D eigenvalue weighted by Crippen LogP contribution is -2.58. The molecule has 1 amide bonds. The summed E-state index contributed by atoms with van der Waals surface area (Å²) in [5, 5.41) is 32.0. The van der Waals surface area contributed by atoms with E-state index in [1.807, 2.05) is 0 Å². The molecule has 1 aromatic heterocycles. The van der Waals surface area contributed by atoms with Crippen molar-refractivity contribution in [3.05, 3.63) is 46.5 Å². The van der Waals surface area contributed by atoms with E-state index in [-0.39, 0.29) is 24.2 Å². The van der Waals surface area contributed by atoms with Gasteiger partial charge in [0.2, 0.25) is 5.78 Å². The average molecular weight is 356 g/mol. The van der Waals surface area contributed by atoms with Gasteiger partial charge in [-0.15, -0.1) is 0 Å². The molecule has 134 valence electrons. The van der Waals surface area contributed by atoms with E-state index in [1.165, 1.54) is 0 Å². The maximum Gasteiger partial charge on any atom is 0.255 e. The van der Waals surface area contributed by atoms with Gasteiger partial charge in [-0.25, -0.2) is 0 Å². The van der Waals surface area contributed by atoms with Crippen LogP contribution in [0.15, 0.2) is 35.2 Å². The van der Waals surface area contributed by atoms with Crippen molar-refractivity contribution >= 4 is 23.2 Å². The van der Waals surface area contributed by atoms with Crippen molar-refractivity contribution in [1.29, 1.82) is 0 Å². The molecular formula is C18H16N2O6. The number of rotatable bonds is 1. The highest BCUT2D eigenvalue weighted by molar-refractivity contribution is 6.22. The van der Waals surface area contributed by atoms with Gasteiger partial charge < -0.3 is 21.1 Å². The predicted molar refractivity (Wildman–Crippen MR) is 87.5 cm³/mol. The average Bonchev–Trinajstić information content (AvgIpc) is 2.58. The Bertz CT molecular complexity index is 947. The van der Waals surface area contributed by atoms with E-state index in [9.17, 15) is 29.7 Å². The zero-order valence-corrected chi connectivity index (χ0v) is 13.6. The molecule has 0 spiro atoms. The first-order chi connectivity index (χ1) is 12.3. The number of hydrogen-bond acceptors (Lipinski definition) is 7. The number of aliphatic hydroxyl groups excluding tert-OH is 2. The SMILES string of the molecule is NC(=O)C1=C(O)[C@@]2(O)C(=O)C3=C(O)c4cccnc4CC3CC2CC1=O. The molecule has 0 saturated heterocycles. The minimum absolute atomic E-state index is 0.0195. The Morgan fingerprint density at radius 1 is 1.27 bits per heavy atom. The van der Waals surface area contributed by atoms with Crippen molar-refractivity contribution in [2.45, 2.75) is 24.9 Å². The third-order valence-corrected chi connectivity index (χ3v) is 5.55. The molecule has 5 N–H and O–H groups in total. The molecule has 2 unspecified atom stereocenters. The molecule has 1 saturated carbocycles. The quantitative estimate of drug-likeness (QED) is 0.521. The molecule has 3 atom stereocenters. The molecule has 3 aliphatic rings. The minimum atomic E-state index is -2.45. The summed E-state index contributed by atoms with van der Waals surface area (Å²) >= 11 is 0. The number of nitrogens with zero attached hydrogens (tertiary/aromatic N) is 1. The lowest BCUT2D eigenvalue weighted by atomic mass is 9.59. The van der Waals surface area contributed by atoms with Crippen LogP contribution in [0.2, 0.25) is 0 Å². The molecule has 1 fully saturated rings. The monoisotopic (exact) mass is 356 g/mol. The second kappa shape index (κ2) is 5.25. The van der Waals surface area contributed by atoms with Crippen molar-refractivity contribution in [2.75, 3.05) is 0 Å². The number of amides is 1. The Hall–Kier alpha value is -3.00. The van der Waals surface area contributed by atoms with E-state index in [1.54, 1.807) is 18.3 Å². The minimum Gasteiger partial charge on any atom is -0.508 e. The largest absolute Gasteiger partial charge is 0.508 e. The number of pyridine rings is 1. The van der Waals surface area contributed by atoms with Crippen molar-refractivity contribution in [2.24, 2.45) is 17.6 Å². The van der Waals surface area contributed by atoms with Crippen molar-refractivity contribution in [1.82, 2.24) is 4.98 Å². The molecule has 0 aliphatic heterocycles. The van der Waals surface area contributed by atoms with Gasteiger partial charge in [-0.1, -0.05) is 0 Å². The molecule has 0 radical (unpaired) electrons. The van der Waals surface area contributed by atoms with Crippen LogP contribution < -0.4 is 5.73 Å². The summed E-state index contributed by atoms with van der Waals surface area (Å²) in [4.78, 5) is 41.0.